The van der Waals surface area contributed by atoms with E-state index in [-0.39, 0.29) is 24.3 Å². The lowest BCUT2D eigenvalue weighted by molar-refractivity contribution is -0.142. The summed E-state index contributed by atoms with van der Waals surface area (Å²) in [5.74, 6) is -0.379. The van der Waals surface area contributed by atoms with Gasteiger partial charge in [-0.1, -0.05) is 45.7 Å². The van der Waals surface area contributed by atoms with Gasteiger partial charge in [0.25, 0.3) is 5.91 Å². The zero-order valence-electron chi connectivity index (χ0n) is 22.4. The van der Waals surface area contributed by atoms with Crippen LogP contribution in [0.2, 0.25) is 5.02 Å². The Morgan fingerprint density at radius 2 is 1.74 bits per heavy atom. The summed E-state index contributed by atoms with van der Waals surface area (Å²) < 4.78 is 6.53. The molecule has 2 heterocycles. The lowest BCUT2D eigenvalue weighted by Crippen LogP contribution is -2.56. The zero-order valence-corrected chi connectivity index (χ0v) is 24.7. The molecule has 2 aliphatic heterocycles. The summed E-state index contributed by atoms with van der Waals surface area (Å²) in [5, 5.41) is 0.549. The van der Waals surface area contributed by atoms with E-state index in [1.807, 2.05) is 69.0 Å². The zero-order chi connectivity index (χ0) is 27.6. The number of piperazine rings is 1. The van der Waals surface area contributed by atoms with E-state index < -0.39 is 17.7 Å². The molecule has 3 amide bonds. The smallest absolute Gasteiger partial charge is 0.410 e. The van der Waals surface area contributed by atoms with E-state index in [0.717, 1.165) is 22.0 Å². The Balaban J connectivity index is 1.54. The van der Waals surface area contributed by atoms with E-state index in [2.05, 4.69) is 15.9 Å². The monoisotopic (exact) mass is 603 g/mol. The van der Waals surface area contributed by atoms with Gasteiger partial charge in [-0.3, -0.25) is 9.59 Å². The van der Waals surface area contributed by atoms with Crippen molar-refractivity contribution in [3.8, 4) is 0 Å². The van der Waals surface area contributed by atoms with E-state index >= 15 is 0 Å². The number of halogens is 2. The van der Waals surface area contributed by atoms with Crippen LogP contribution in [0.3, 0.4) is 0 Å². The SMILES string of the molecule is Cc1cc(Br)ccc1C(=O)N1CCCC(C(=O)N2CCN(C(=O)OC(C)(C)C)CC2c2ccccc2Cl)C1. The second kappa shape index (κ2) is 11.7. The minimum absolute atomic E-state index is 0.0104. The maximum Gasteiger partial charge on any atom is 0.410 e. The topological polar surface area (TPSA) is 70.2 Å². The summed E-state index contributed by atoms with van der Waals surface area (Å²) >= 11 is 10.0. The first kappa shape index (κ1) is 28.4. The minimum Gasteiger partial charge on any atom is -0.444 e. The molecular weight excluding hydrogens is 570 g/mol. The fourth-order valence-electron chi connectivity index (χ4n) is 5.19. The number of rotatable bonds is 3. The van der Waals surface area contributed by atoms with Gasteiger partial charge in [0.1, 0.15) is 5.60 Å². The molecule has 204 valence electrons. The molecule has 0 bridgehead atoms. The third kappa shape index (κ3) is 6.52. The number of benzene rings is 2. The van der Waals surface area contributed by atoms with Crippen molar-refractivity contribution in [2.75, 3.05) is 32.7 Å². The van der Waals surface area contributed by atoms with E-state index in [1.54, 1.807) is 15.9 Å². The van der Waals surface area contributed by atoms with Gasteiger partial charge >= 0.3 is 6.09 Å². The molecule has 0 saturated carbocycles. The predicted molar refractivity (Wildman–Crippen MR) is 151 cm³/mol. The fourth-order valence-corrected chi connectivity index (χ4v) is 5.92. The van der Waals surface area contributed by atoms with Crippen LogP contribution in [0.1, 0.15) is 61.1 Å². The van der Waals surface area contributed by atoms with E-state index in [9.17, 15) is 14.4 Å². The molecule has 0 N–H and O–H groups in total. The molecule has 2 aromatic carbocycles. The Morgan fingerprint density at radius 1 is 1.00 bits per heavy atom. The lowest BCUT2D eigenvalue weighted by Gasteiger charge is -2.44. The first-order chi connectivity index (χ1) is 17.9. The molecule has 7 nitrogen and oxygen atoms in total. The molecule has 2 fully saturated rings. The number of hydrogen-bond acceptors (Lipinski definition) is 4. The standard InChI is InChI=1S/C29H35BrClN3O4/c1-19-16-21(30)11-12-22(19)27(36)32-13-7-8-20(17-32)26(35)34-15-14-33(28(37)38-29(2,3)4)18-25(34)23-9-5-6-10-24(23)31/h5-6,9-12,16,20,25H,7-8,13-15,17-18H2,1-4H3. The van der Waals surface area contributed by atoms with Gasteiger partial charge < -0.3 is 19.4 Å². The molecular formula is C29H35BrClN3O4. The van der Waals surface area contributed by atoms with Crippen molar-refractivity contribution >= 4 is 45.4 Å². The summed E-state index contributed by atoms with van der Waals surface area (Å²) in [6, 6.07) is 12.7. The average molecular weight is 605 g/mol. The van der Waals surface area contributed by atoms with Crippen molar-refractivity contribution in [1.29, 1.82) is 0 Å². The molecule has 0 aromatic heterocycles. The Labute approximate surface area is 238 Å². The van der Waals surface area contributed by atoms with Gasteiger partial charge in [-0.2, -0.15) is 0 Å². The number of nitrogens with zero attached hydrogens (tertiary/aromatic N) is 3. The van der Waals surface area contributed by atoms with Crippen molar-refractivity contribution in [1.82, 2.24) is 14.7 Å². The number of likely N-dealkylation sites (tertiary alicyclic amines) is 1. The van der Waals surface area contributed by atoms with Crippen molar-refractivity contribution in [2.24, 2.45) is 5.92 Å². The first-order valence-corrected chi connectivity index (χ1v) is 14.2. The summed E-state index contributed by atoms with van der Waals surface area (Å²) in [4.78, 5) is 45.5. The minimum atomic E-state index is -0.616. The van der Waals surface area contributed by atoms with Crippen LogP contribution in [0, 0.1) is 12.8 Å². The molecule has 2 atom stereocenters. The lowest BCUT2D eigenvalue weighted by atomic mass is 9.93. The second-order valence-corrected chi connectivity index (χ2v) is 12.4. The number of ether oxygens (including phenoxy) is 1. The fraction of sp³-hybridized carbons (Fsp3) is 0.483. The van der Waals surface area contributed by atoms with Gasteiger partial charge in [0.15, 0.2) is 0 Å². The first-order valence-electron chi connectivity index (χ1n) is 13.0. The number of carbonyl (C=O) groups is 3. The van der Waals surface area contributed by atoms with Crippen LogP contribution in [0.25, 0.3) is 0 Å². The molecule has 9 heteroatoms. The number of amides is 3. The highest BCUT2D eigenvalue weighted by molar-refractivity contribution is 9.10. The number of carbonyl (C=O) groups excluding carboxylic acids is 3. The number of piperidine rings is 1. The van der Waals surface area contributed by atoms with E-state index in [1.165, 1.54) is 0 Å². The third-order valence-electron chi connectivity index (χ3n) is 7.06. The predicted octanol–water partition coefficient (Wildman–Crippen LogP) is 6.08. The highest BCUT2D eigenvalue weighted by atomic mass is 79.9. The highest BCUT2D eigenvalue weighted by Crippen LogP contribution is 2.34. The van der Waals surface area contributed by atoms with Crippen molar-refractivity contribution in [2.45, 2.75) is 52.2 Å². The summed E-state index contributed by atoms with van der Waals surface area (Å²) in [6.45, 7) is 9.44. The molecule has 38 heavy (non-hydrogen) atoms. The van der Waals surface area contributed by atoms with Crippen LogP contribution in [-0.4, -0.2) is 70.9 Å². The van der Waals surface area contributed by atoms with Crippen LogP contribution in [0.15, 0.2) is 46.9 Å². The Bertz CT molecular complexity index is 1210. The second-order valence-electron chi connectivity index (χ2n) is 11.0. The van der Waals surface area contributed by atoms with Crippen LogP contribution in [0.4, 0.5) is 4.79 Å². The van der Waals surface area contributed by atoms with Crippen molar-refractivity contribution in [3.63, 3.8) is 0 Å². The molecule has 4 rings (SSSR count). The molecule has 2 unspecified atom stereocenters. The number of aryl methyl sites for hydroxylation is 1. The van der Waals surface area contributed by atoms with Crippen LogP contribution in [0.5, 0.6) is 0 Å². The largest absolute Gasteiger partial charge is 0.444 e. The van der Waals surface area contributed by atoms with Crippen molar-refractivity contribution in [3.05, 3.63) is 68.7 Å². The Kier molecular flexibility index (Phi) is 8.72. The van der Waals surface area contributed by atoms with Gasteiger partial charge in [-0.15, -0.1) is 0 Å². The van der Waals surface area contributed by atoms with Gasteiger partial charge in [-0.25, -0.2) is 4.79 Å². The maximum absolute atomic E-state index is 14.0. The van der Waals surface area contributed by atoms with E-state index in [0.29, 0.717) is 43.2 Å². The summed E-state index contributed by atoms with van der Waals surface area (Å²) in [7, 11) is 0. The van der Waals surface area contributed by atoms with Crippen LogP contribution >= 0.6 is 27.5 Å². The number of hydrogen-bond donors (Lipinski definition) is 0. The van der Waals surface area contributed by atoms with Crippen LogP contribution < -0.4 is 0 Å². The van der Waals surface area contributed by atoms with Gasteiger partial charge in [0.05, 0.1) is 12.0 Å². The van der Waals surface area contributed by atoms with Crippen LogP contribution in [-0.2, 0) is 9.53 Å². The third-order valence-corrected chi connectivity index (χ3v) is 7.89. The molecule has 2 saturated heterocycles. The Hall–Kier alpha value is -2.58. The maximum atomic E-state index is 14.0. The highest BCUT2D eigenvalue weighted by Gasteiger charge is 2.40. The van der Waals surface area contributed by atoms with Crippen molar-refractivity contribution < 1.29 is 19.1 Å². The quantitative estimate of drug-likeness (QED) is 0.426. The van der Waals surface area contributed by atoms with Gasteiger partial charge in [0, 0.05) is 47.8 Å². The summed E-state index contributed by atoms with van der Waals surface area (Å²) in [5.41, 5.74) is 1.73. The van der Waals surface area contributed by atoms with Gasteiger partial charge in [-0.05, 0) is 75.9 Å². The Morgan fingerprint density at radius 3 is 2.42 bits per heavy atom. The molecule has 0 radical (unpaired) electrons. The molecule has 0 aliphatic carbocycles. The average Bonchev–Trinajstić information content (AvgIpc) is 2.87. The van der Waals surface area contributed by atoms with Gasteiger partial charge in [0.2, 0.25) is 5.91 Å². The molecule has 2 aromatic rings. The molecule has 2 aliphatic rings. The molecule has 0 spiro atoms. The normalized spacial score (nSPS) is 20.3. The van der Waals surface area contributed by atoms with E-state index in [4.69, 9.17) is 16.3 Å². The summed E-state index contributed by atoms with van der Waals surface area (Å²) in [6.07, 6.45) is 1.07.